The van der Waals surface area contributed by atoms with Crippen LogP contribution < -0.4 is 4.90 Å². The van der Waals surface area contributed by atoms with Crippen molar-refractivity contribution in [2.24, 2.45) is 0 Å². The summed E-state index contributed by atoms with van der Waals surface area (Å²) < 4.78 is 6.75. The van der Waals surface area contributed by atoms with Crippen LogP contribution in [0.1, 0.15) is 43.4 Å². The van der Waals surface area contributed by atoms with Crippen molar-refractivity contribution in [2.75, 3.05) is 31.6 Å². The maximum Gasteiger partial charge on any atom is 0.410 e. The van der Waals surface area contributed by atoms with Crippen molar-refractivity contribution in [3.8, 4) is 0 Å². The number of halogens is 1. The molecule has 2 aliphatic heterocycles. The van der Waals surface area contributed by atoms with Crippen LogP contribution in [0.15, 0.2) is 10.5 Å². The van der Waals surface area contributed by atoms with E-state index in [4.69, 9.17) is 4.74 Å². The van der Waals surface area contributed by atoms with Gasteiger partial charge in [0.25, 0.3) is 0 Å². The van der Waals surface area contributed by atoms with E-state index < -0.39 is 5.60 Å². The molecule has 0 saturated heterocycles. The molecule has 2 heterocycles. The number of carbonyl (C=O) groups excluding carboxylic acids is 1. The van der Waals surface area contributed by atoms with Crippen LogP contribution >= 0.6 is 15.9 Å². The molecule has 0 aromatic heterocycles. The van der Waals surface area contributed by atoms with Crippen molar-refractivity contribution in [3.63, 3.8) is 0 Å². The number of hydrogen-bond donors (Lipinski definition) is 0. The predicted octanol–water partition coefficient (Wildman–Crippen LogP) is 4.08. The first-order chi connectivity index (χ1) is 10.7. The molecule has 3 rings (SSSR count). The summed E-state index contributed by atoms with van der Waals surface area (Å²) in [6, 6.07) is 2.20. The first-order valence-electron chi connectivity index (χ1n) is 8.18. The number of rotatable bonds is 0. The van der Waals surface area contributed by atoms with E-state index in [1.165, 1.54) is 26.9 Å². The molecule has 0 saturated carbocycles. The van der Waals surface area contributed by atoms with Crippen LogP contribution in [0.25, 0.3) is 0 Å². The normalized spacial score (nSPS) is 20.3. The van der Waals surface area contributed by atoms with Gasteiger partial charge in [-0.3, -0.25) is 0 Å². The van der Waals surface area contributed by atoms with Gasteiger partial charge in [-0.05, 0) is 56.9 Å². The van der Waals surface area contributed by atoms with Gasteiger partial charge in [0.2, 0.25) is 0 Å². The summed E-state index contributed by atoms with van der Waals surface area (Å²) in [6.07, 6.45) is 0.668. The Labute approximate surface area is 146 Å². The number of amides is 1. The Balaban J connectivity index is 1.93. The van der Waals surface area contributed by atoms with Gasteiger partial charge in [-0.25, -0.2) is 4.79 Å². The van der Waals surface area contributed by atoms with Crippen LogP contribution in [0.2, 0.25) is 0 Å². The number of aryl methyl sites for hydroxylation is 1. The molecule has 23 heavy (non-hydrogen) atoms. The number of hydrogen-bond acceptors (Lipinski definition) is 3. The zero-order chi connectivity index (χ0) is 16.9. The number of nitrogens with zero attached hydrogens (tertiary/aromatic N) is 2. The fraction of sp³-hybridized carbons (Fsp3) is 0.611. The lowest BCUT2D eigenvalue weighted by Gasteiger charge is -2.28. The molecule has 0 fully saturated rings. The van der Waals surface area contributed by atoms with Crippen LogP contribution in [0, 0.1) is 6.92 Å². The van der Waals surface area contributed by atoms with E-state index in [9.17, 15) is 4.79 Å². The molecular weight excluding hydrogens is 356 g/mol. The molecular formula is C18H25BrN2O2. The van der Waals surface area contributed by atoms with Crippen molar-refractivity contribution < 1.29 is 9.53 Å². The molecule has 2 aliphatic rings. The predicted molar refractivity (Wildman–Crippen MR) is 96.4 cm³/mol. The molecule has 126 valence electrons. The van der Waals surface area contributed by atoms with Gasteiger partial charge in [-0.15, -0.1) is 0 Å². The minimum absolute atomic E-state index is 0.200. The molecule has 5 heteroatoms. The Hall–Kier alpha value is -1.23. The van der Waals surface area contributed by atoms with Crippen LogP contribution in [-0.4, -0.2) is 43.3 Å². The van der Waals surface area contributed by atoms with E-state index in [0.29, 0.717) is 12.5 Å². The number of anilines is 1. The highest BCUT2D eigenvalue weighted by Gasteiger charge is 2.37. The third-order valence-corrected chi connectivity index (χ3v) is 5.30. The molecule has 0 radical (unpaired) electrons. The second-order valence-corrected chi connectivity index (χ2v) is 8.52. The van der Waals surface area contributed by atoms with Crippen LogP contribution in [0.3, 0.4) is 0 Å². The minimum atomic E-state index is -0.453. The maximum absolute atomic E-state index is 12.5. The smallest absolute Gasteiger partial charge is 0.410 e. The topological polar surface area (TPSA) is 32.8 Å². The molecule has 1 atom stereocenters. The van der Waals surface area contributed by atoms with Crippen molar-refractivity contribution in [1.82, 2.24) is 4.90 Å². The summed E-state index contributed by atoms with van der Waals surface area (Å²) >= 11 is 3.73. The average molecular weight is 381 g/mol. The van der Waals surface area contributed by atoms with Gasteiger partial charge in [0, 0.05) is 42.8 Å². The molecule has 0 unspecified atom stereocenters. The Morgan fingerprint density at radius 2 is 2.04 bits per heavy atom. The van der Waals surface area contributed by atoms with Gasteiger partial charge in [0.05, 0.1) is 0 Å². The lowest BCUT2D eigenvalue weighted by molar-refractivity contribution is 0.0248. The van der Waals surface area contributed by atoms with Crippen LogP contribution in [0.4, 0.5) is 10.5 Å². The van der Waals surface area contributed by atoms with Crippen molar-refractivity contribution in [1.29, 1.82) is 0 Å². The Kier molecular flexibility index (Phi) is 4.11. The van der Waals surface area contributed by atoms with Gasteiger partial charge in [-0.1, -0.05) is 15.9 Å². The quantitative estimate of drug-likeness (QED) is 0.679. The summed E-state index contributed by atoms with van der Waals surface area (Å²) in [4.78, 5) is 16.7. The monoisotopic (exact) mass is 380 g/mol. The summed E-state index contributed by atoms with van der Waals surface area (Å²) in [5.74, 6) is 0.358. The summed E-state index contributed by atoms with van der Waals surface area (Å²) in [7, 11) is 2.14. The van der Waals surface area contributed by atoms with Gasteiger partial charge in [0.1, 0.15) is 5.60 Å². The Morgan fingerprint density at radius 3 is 2.70 bits per heavy atom. The zero-order valence-electron chi connectivity index (χ0n) is 14.6. The van der Waals surface area contributed by atoms with E-state index >= 15 is 0 Å². The molecule has 1 amide bonds. The maximum atomic E-state index is 12.5. The lowest BCUT2D eigenvalue weighted by atomic mass is 9.93. The van der Waals surface area contributed by atoms with E-state index in [-0.39, 0.29) is 6.09 Å². The largest absolute Gasteiger partial charge is 0.444 e. The minimum Gasteiger partial charge on any atom is -0.444 e. The zero-order valence-corrected chi connectivity index (χ0v) is 16.2. The first kappa shape index (κ1) is 16.6. The lowest BCUT2D eigenvalue weighted by Crippen LogP contribution is -2.39. The fourth-order valence-corrected chi connectivity index (χ4v) is 4.54. The first-order valence-corrected chi connectivity index (χ1v) is 8.97. The van der Waals surface area contributed by atoms with Crippen molar-refractivity contribution >= 4 is 27.7 Å². The van der Waals surface area contributed by atoms with Crippen molar-refractivity contribution in [3.05, 3.63) is 27.2 Å². The Bertz CT molecular complexity index is 651. The average Bonchev–Trinajstić information content (AvgIpc) is 2.61. The number of likely N-dealkylation sites (N-methyl/N-ethyl adjacent to an activating group) is 1. The molecule has 4 nitrogen and oxygen atoms in total. The van der Waals surface area contributed by atoms with Gasteiger partial charge < -0.3 is 14.5 Å². The molecule has 0 N–H and O–H groups in total. The second kappa shape index (κ2) is 5.69. The standard InChI is InChI=1S/C18H25BrN2O2/c1-11-8-14(19)13-6-7-21(17(22)23-18(2,3)4)10-12-9-20(5)16(11)15(12)13/h8,12H,6-7,9-10H2,1-5H3/t12-/m1/s1. The third-order valence-electron chi connectivity index (χ3n) is 4.59. The number of carbonyl (C=O) groups is 1. The van der Waals surface area contributed by atoms with E-state index in [1.54, 1.807) is 0 Å². The van der Waals surface area contributed by atoms with Gasteiger partial charge in [0.15, 0.2) is 0 Å². The number of ether oxygens (including phenoxy) is 1. The Morgan fingerprint density at radius 1 is 1.35 bits per heavy atom. The van der Waals surface area contributed by atoms with Gasteiger partial charge >= 0.3 is 6.09 Å². The fourth-order valence-electron chi connectivity index (χ4n) is 3.79. The SMILES string of the molecule is Cc1cc(Br)c2c3c1N(C)C[C@@H]3CN(C(=O)OC(C)(C)C)CC2. The highest BCUT2D eigenvalue weighted by atomic mass is 79.9. The molecule has 0 spiro atoms. The highest BCUT2D eigenvalue weighted by molar-refractivity contribution is 9.10. The van der Waals surface area contributed by atoms with E-state index in [1.807, 2.05) is 25.7 Å². The third kappa shape index (κ3) is 3.08. The van der Waals surface area contributed by atoms with Crippen LogP contribution in [0.5, 0.6) is 0 Å². The molecule has 0 aliphatic carbocycles. The summed E-state index contributed by atoms with van der Waals surface area (Å²) in [5.41, 5.74) is 4.97. The summed E-state index contributed by atoms with van der Waals surface area (Å²) in [6.45, 7) is 10.3. The molecule has 1 aromatic rings. The number of benzene rings is 1. The molecule has 0 bridgehead atoms. The van der Waals surface area contributed by atoms with E-state index in [0.717, 1.165) is 19.5 Å². The van der Waals surface area contributed by atoms with Crippen molar-refractivity contribution in [2.45, 2.75) is 45.6 Å². The van der Waals surface area contributed by atoms with Gasteiger partial charge in [-0.2, -0.15) is 0 Å². The van der Waals surface area contributed by atoms with E-state index in [2.05, 4.69) is 40.9 Å². The molecule has 1 aromatic carbocycles. The summed E-state index contributed by atoms with van der Waals surface area (Å²) in [5, 5.41) is 0. The van der Waals surface area contributed by atoms with Crippen LogP contribution in [-0.2, 0) is 11.2 Å². The highest BCUT2D eigenvalue weighted by Crippen LogP contribution is 2.45. The second-order valence-electron chi connectivity index (χ2n) is 7.67.